The molecule has 24 heavy (non-hydrogen) atoms. The number of nitrogens with zero attached hydrogens (tertiary/aromatic N) is 2. The Morgan fingerprint density at radius 2 is 2.12 bits per heavy atom. The van der Waals surface area contributed by atoms with Crippen molar-refractivity contribution < 1.29 is 4.74 Å². The average molecular weight is 335 g/mol. The van der Waals surface area contributed by atoms with Crippen LogP contribution in [0.3, 0.4) is 0 Å². The topological polar surface area (TPSA) is 50.8 Å². The van der Waals surface area contributed by atoms with Crippen LogP contribution in [0.25, 0.3) is 16.9 Å². The first-order valence-electron chi connectivity index (χ1n) is 7.88. The highest BCUT2D eigenvalue weighted by Gasteiger charge is 2.10. The van der Waals surface area contributed by atoms with E-state index < -0.39 is 0 Å². The second-order valence-corrected chi connectivity index (χ2v) is 6.59. The van der Waals surface area contributed by atoms with Crippen LogP contribution in [0.2, 0.25) is 0 Å². The Hall–Kier alpha value is -2.53. The van der Waals surface area contributed by atoms with E-state index in [0.717, 1.165) is 40.5 Å². The molecule has 4 rings (SSSR count). The zero-order chi connectivity index (χ0) is 16.2. The molecule has 0 radical (unpaired) electrons. The second kappa shape index (κ2) is 6.93. The zero-order valence-corrected chi connectivity index (χ0v) is 13.9. The highest BCUT2D eigenvalue weighted by Crippen LogP contribution is 2.26. The molecule has 3 heterocycles. The largest absolute Gasteiger partial charge is 0.489 e. The quantitative estimate of drug-likeness (QED) is 0.892. The standard InChI is InChI=1S/C19H17N3OS/c1-2-4-8-15(7-3-1)24-13-18-21-16-11-14(12-20-19(16)22-18)17-9-5-6-10-23-17/h1-7,9,11-12H,8,10,13H2,(H,20,21,22). The number of thioether (sulfide) groups is 1. The highest BCUT2D eigenvalue weighted by atomic mass is 32.2. The Bertz CT molecular complexity index is 902. The van der Waals surface area contributed by atoms with Crippen LogP contribution in [-0.2, 0) is 10.5 Å². The minimum Gasteiger partial charge on any atom is -0.489 e. The van der Waals surface area contributed by atoms with Gasteiger partial charge < -0.3 is 9.72 Å². The maximum Gasteiger partial charge on any atom is 0.177 e. The van der Waals surface area contributed by atoms with E-state index in [0.29, 0.717) is 6.61 Å². The number of aromatic nitrogens is 3. The van der Waals surface area contributed by atoms with Gasteiger partial charge in [0.25, 0.3) is 0 Å². The molecule has 1 N–H and O–H groups in total. The maximum atomic E-state index is 5.63. The molecular weight excluding hydrogens is 318 g/mol. The Labute approximate surface area is 144 Å². The molecule has 0 unspecified atom stereocenters. The maximum absolute atomic E-state index is 5.63. The van der Waals surface area contributed by atoms with Gasteiger partial charge in [0.05, 0.1) is 11.3 Å². The van der Waals surface area contributed by atoms with Crippen molar-refractivity contribution in [2.24, 2.45) is 0 Å². The fourth-order valence-electron chi connectivity index (χ4n) is 2.56. The van der Waals surface area contributed by atoms with E-state index in [1.807, 2.05) is 30.5 Å². The summed E-state index contributed by atoms with van der Waals surface area (Å²) in [5.74, 6) is 2.59. The normalized spacial score (nSPS) is 16.7. The fraction of sp³-hybridized carbons (Fsp3) is 0.158. The van der Waals surface area contributed by atoms with Gasteiger partial charge in [-0.25, -0.2) is 9.97 Å². The average Bonchev–Trinajstić information content (AvgIpc) is 2.85. The first-order chi connectivity index (χ1) is 11.9. The Morgan fingerprint density at radius 3 is 3.04 bits per heavy atom. The molecule has 1 aliphatic carbocycles. The van der Waals surface area contributed by atoms with Crippen LogP contribution >= 0.6 is 11.8 Å². The first-order valence-corrected chi connectivity index (χ1v) is 8.87. The summed E-state index contributed by atoms with van der Waals surface area (Å²) in [6.07, 6.45) is 19.3. The van der Waals surface area contributed by atoms with Crippen LogP contribution in [0.4, 0.5) is 0 Å². The van der Waals surface area contributed by atoms with Crippen LogP contribution < -0.4 is 0 Å². The molecule has 120 valence electrons. The zero-order valence-electron chi connectivity index (χ0n) is 13.1. The SMILES string of the molecule is C1=CC=C(SCc2nc3ncc(C4=CC=CCO4)cc3[nH]2)CC=C1. The van der Waals surface area contributed by atoms with Gasteiger partial charge >= 0.3 is 0 Å². The number of fused-ring (bicyclic) bond motifs is 1. The molecule has 0 saturated heterocycles. The van der Waals surface area contributed by atoms with E-state index >= 15 is 0 Å². The molecule has 0 spiro atoms. The number of rotatable bonds is 4. The molecule has 2 aliphatic rings. The minimum absolute atomic E-state index is 0.604. The Balaban J connectivity index is 1.52. The predicted octanol–water partition coefficient (Wildman–Crippen LogP) is 4.52. The molecule has 2 aromatic heterocycles. The van der Waals surface area contributed by atoms with E-state index in [2.05, 4.69) is 45.3 Å². The van der Waals surface area contributed by atoms with Crippen molar-refractivity contribution in [2.75, 3.05) is 6.61 Å². The molecule has 0 atom stereocenters. The summed E-state index contributed by atoms with van der Waals surface area (Å²) in [6, 6.07) is 2.05. The molecule has 5 heteroatoms. The summed E-state index contributed by atoms with van der Waals surface area (Å²) in [5.41, 5.74) is 2.66. The summed E-state index contributed by atoms with van der Waals surface area (Å²) in [4.78, 5) is 13.7. The lowest BCUT2D eigenvalue weighted by Gasteiger charge is -2.10. The molecule has 0 bridgehead atoms. The number of hydrogen-bond donors (Lipinski definition) is 1. The van der Waals surface area contributed by atoms with Gasteiger partial charge in [0.2, 0.25) is 0 Å². The van der Waals surface area contributed by atoms with Crippen molar-refractivity contribution in [3.8, 4) is 0 Å². The van der Waals surface area contributed by atoms with Crippen molar-refractivity contribution >= 4 is 28.7 Å². The Morgan fingerprint density at radius 1 is 1.12 bits per heavy atom. The summed E-state index contributed by atoms with van der Waals surface area (Å²) in [6.45, 7) is 0.604. The third-order valence-corrected chi connectivity index (χ3v) is 4.83. The van der Waals surface area contributed by atoms with Crippen LogP contribution in [-0.4, -0.2) is 21.6 Å². The van der Waals surface area contributed by atoms with Gasteiger partial charge in [-0.1, -0.05) is 36.5 Å². The number of H-pyrrole nitrogens is 1. The lowest BCUT2D eigenvalue weighted by atomic mass is 10.2. The molecule has 4 nitrogen and oxygen atoms in total. The second-order valence-electron chi connectivity index (χ2n) is 5.49. The van der Waals surface area contributed by atoms with Gasteiger partial charge in [0.15, 0.2) is 5.65 Å². The third kappa shape index (κ3) is 3.36. The van der Waals surface area contributed by atoms with Crippen molar-refractivity contribution in [3.63, 3.8) is 0 Å². The van der Waals surface area contributed by atoms with Crippen LogP contribution in [0, 0.1) is 0 Å². The predicted molar refractivity (Wildman–Crippen MR) is 99.2 cm³/mol. The number of imidazole rings is 1. The number of aromatic amines is 1. The van der Waals surface area contributed by atoms with Gasteiger partial charge in [0, 0.05) is 11.8 Å². The van der Waals surface area contributed by atoms with Crippen molar-refractivity contribution in [1.82, 2.24) is 15.0 Å². The number of ether oxygens (including phenoxy) is 1. The molecule has 0 aromatic carbocycles. The van der Waals surface area contributed by atoms with Crippen molar-refractivity contribution in [1.29, 1.82) is 0 Å². The van der Waals surface area contributed by atoms with Gasteiger partial charge in [0.1, 0.15) is 18.2 Å². The number of hydrogen-bond acceptors (Lipinski definition) is 4. The van der Waals surface area contributed by atoms with Crippen LogP contribution in [0.15, 0.2) is 65.8 Å². The number of nitrogens with one attached hydrogen (secondary N) is 1. The first kappa shape index (κ1) is 15.0. The van der Waals surface area contributed by atoms with Crippen molar-refractivity contribution in [3.05, 3.63) is 77.2 Å². The van der Waals surface area contributed by atoms with Crippen LogP contribution in [0.5, 0.6) is 0 Å². The summed E-state index contributed by atoms with van der Waals surface area (Å²) in [7, 11) is 0. The van der Waals surface area contributed by atoms with E-state index in [-0.39, 0.29) is 0 Å². The molecule has 1 aliphatic heterocycles. The lowest BCUT2D eigenvalue weighted by Crippen LogP contribution is -1.96. The minimum atomic E-state index is 0.604. The fourth-order valence-corrected chi connectivity index (χ4v) is 3.40. The van der Waals surface area contributed by atoms with E-state index in [1.165, 1.54) is 4.91 Å². The van der Waals surface area contributed by atoms with Gasteiger partial charge in [-0.3, -0.25) is 0 Å². The number of allylic oxidation sites excluding steroid dienone is 8. The van der Waals surface area contributed by atoms with Crippen LogP contribution in [0.1, 0.15) is 17.8 Å². The van der Waals surface area contributed by atoms with E-state index in [4.69, 9.17) is 4.74 Å². The van der Waals surface area contributed by atoms with Gasteiger partial charge in [-0.15, -0.1) is 11.8 Å². The van der Waals surface area contributed by atoms with Gasteiger partial charge in [-0.05, 0) is 29.5 Å². The summed E-state index contributed by atoms with van der Waals surface area (Å²) < 4.78 is 5.63. The molecule has 0 fully saturated rings. The van der Waals surface area contributed by atoms with E-state index in [9.17, 15) is 0 Å². The third-order valence-electron chi connectivity index (χ3n) is 3.74. The lowest BCUT2D eigenvalue weighted by molar-refractivity contribution is 0.316. The molecular formula is C19H17N3OS. The van der Waals surface area contributed by atoms with Gasteiger partial charge in [-0.2, -0.15) is 0 Å². The molecule has 0 saturated carbocycles. The Kier molecular flexibility index (Phi) is 4.34. The summed E-state index contributed by atoms with van der Waals surface area (Å²) in [5, 5.41) is 0. The smallest absolute Gasteiger partial charge is 0.177 e. The highest BCUT2D eigenvalue weighted by molar-refractivity contribution is 8.02. The molecule has 0 amide bonds. The van der Waals surface area contributed by atoms with Crippen molar-refractivity contribution in [2.45, 2.75) is 12.2 Å². The summed E-state index contributed by atoms with van der Waals surface area (Å²) >= 11 is 1.80. The molecule has 2 aromatic rings. The van der Waals surface area contributed by atoms with E-state index in [1.54, 1.807) is 11.8 Å². The monoisotopic (exact) mass is 335 g/mol. The number of pyridine rings is 1.